The summed E-state index contributed by atoms with van der Waals surface area (Å²) in [4.78, 5) is 23.2. The minimum atomic E-state index is -0.309. The second kappa shape index (κ2) is 15.3. The van der Waals surface area contributed by atoms with Gasteiger partial charge in [-0.3, -0.25) is 4.79 Å². The Morgan fingerprint density at radius 3 is 2.35 bits per heavy atom. The third-order valence-electron chi connectivity index (χ3n) is 3.40. The second-order valence-corrected chi connectivity index (χ2v) is 5.58. The van der Waals surface area contributed by atoms with Gasteiger partial charge in [-0.05, 0) is 32.6 Å². The third-order valence-corrected chi connectivity index (χ3v) is 3.40. The van der Waals surface area contributed by atoms with Crippen LogP contribution in [0, 0.1) is 0 Å². The van der Waals surface area contributed by atoms with Crippen molar-refractivity contribution in [2.45, 2.75) is 72.1 Å². The molecular weight excluding hydrogens is 290 g/mol. The van der Waals surface area contributed by atoms with E-state index in [4.69, 9.17) is 4.74 Å². The van der Waals surface area contributed by atoms with E-state index in [1.54, 1.807) is 6.08 Å². The van der Waals surface area contributed by atoms with E-state index in [1.165, 1.54) is 18.9 Å². The molecular formula is C19H33NO3. The van der Waals surface area contributed by atoms with Gasteiger partial charge in [-0.25, -0.2) is 4.79 Å². The minimum Gasteiger partial charge on any atom is -0.463 e. The Morgan fingerprint density at radius 2 is 1.70 bits per heavy atom. The van der Waals surface area contributed by atoms with E-state index in [0.717, 1.165) is 31.3 Å². The van der Waals surface area contributed by atoms with Crippen LogP contribution in [0.3, 0.4) is 0 Å². The van der Waals surface area contributed by atoms with Crippen LogP contribution in [0.5, 0.6) is 0 Å². The Bertz CT molecular complexity index is 386. The van der Waals surface area contributed by atoms with Gasteiger partial charge in [-0.15, -0.1) is 0 Å². The van der Waals surface area contributed by atoms with Gasteiger partial charge in [0.25, 0.3) is 0 Å². The van der Waals surface area contributed by atoms with E-state index >= 15 is 0 Å². The fourth-order valence-electron chi connectivity index (χ4n) is 2.02. The first-order chi connectivity index (χ1) is 11.1. The zero-order valence-corrected chi connectivity index (χ0v) is 15.0. The second-order valence-electron chi connectivity index (χ2n) is 5.58. The Kier molecular flexibility index (Phi) is 14.3. The van der Waals surface area contributed by atoms with Crippen LogP contribution in [0.2, 0.25) is 0 Å². The predicted molar refractivity (Wildman–Crippen MR) is 95.1 cm³/mol. The number of unbranched alkanes of at least 4 members (excludes halogenated alkanes) is 4. The summed E-state index contributed by atoms with van der Waals surface area (Å²) in [5.41, 5.74) is 1.03. The molecule has 0 rings (SSSR count). The monoisotopic (exact) mass is 323 g/mol. The molecule has 23 heavy (non-hydrogen) atoms. The lowest BCUT2D eigenvalue weighted by Gasteiger charge is -2.05. The van der Waals surface area contributed by atoms with Crippen molar-refractivity contribution in [3.05, 3.63) is 23.8 Å². The maximum Gasteiger partial charge on any atom is 0.330 e. The Balaban J connectivity index is 4.45. The number of carbonyl (C=O) groups is 2. The number of amides is 1. The fourth-order valence-corrected chi connectivity index (χ4v) is 2.02. The fraction of sp³-hybridized carbons (Fsp3) is 0.684. The van der Waals surface area contributed by atoms with Gasteiger partial charge in [0.15, 0.2) is 0 Å². The molecule has 0 aromatic carbocycles. The molecule has 0 radical (unpaired) electrons. The normalized spacial score (nSPS) is 11.7. The van der Waals surface area contributed by atoms with Gasteiger partial charge >= 0.3 is 5.97 Å². The van der Waals surface area contributed by atoms with E-state index in [1.807, 2.05) is 6.92 Å². The molecule has 0 aliphatic heterocycles. The molecule has 1 amide bonds. The average Bonchev–Trinajstić information content (AvgIpc) is 2.53. The molecule has 0 aromatic rings. The number of rotatable bonds is 13. The Morgan fingerprint density at radius 1 is 0.957 bits per heavy atom. The molecule has 132 valence electrons. The van der Waals surface area contributed by atoms with Crippen molar-refractivity contribution in [3.8, 4) is 0 Å². The van der Waals surface area contributed by atoms with Crippen LogP contribution in [0.15, 0.2) is 23.8 Å². The summed E-state index contributed by atoms with van der Waals surface area (Å²) in [6.07, 6.45) is 12.9. The highest BCUT2D eigenvalue weighted by molar-refractivity contribution is 5.82. The molecule has 0 aliphatic rings. The lowest BCUT2D eigenvalue weighted by Crippen LogP contribution is -2.22. The van der Waals surface area contributed by atoms with E-state index in [-0.39, 0.29) is 11.9 Å². The summed E-state index contributed by atoms with van der Waals surface area (Å²) in [6.45, 7) is 7.25. The number of esters is 1. The van der Waals surface area contributed by atoms with Crippen molar-refractivity contribution in [2.24, 2.45) is 0 Å². The minimum absolute atomic E-state index is 0.0471. The van der Waals surface area contributed by atoms with Gasteiger partial charge in [0, 0.05) is 19.0 Å². The largest absolute Gasteiger partial charge is 0.463 e. The number of ether oxygens (including phenoxy) is 1. The SMILES string of the molecule is CCCCC/C=C(/C=C/C(=O)OCCCC)CCC(=O)NCC. The molecule has 4 nitrogen and oxygen atoms in total. The lowest BCUT2D eigenvalue weighted by atomic mass is 10.1. The number of allylic oxidation sites excluding steroid dienone is 3. The summed E-state index contributed by atoms with van der Waals surface area (Å²) in [7, 11) is 0. The smallest absolute Gasteiger partial charge is 0.330 e. The van der Waals surface area contributed by atoms with Crippen molar-refractivity contribution in [3.63, 3.8) is 0 Å². The van der Waals surface area contributed by atoms with E-state index < -0.39 is 0 Å². The van der Waals surface area contributed by atoms with Gasteiger partial charge in [-0.1, -0.05) is 50.8 Å². The third kappa shape index (κ3) is 13.8. The molecule has 0 atom stereocenters. The molecule has 0 heterocycles. The van der Waals surface area contributed by atoms with Crippen molar-refractivity contribution in [1.82, 2.24) is 5.32 Å². The molecule has 0 unspecified atom stereocenters. The van der Waals surface area contributed by atoms with Gasteiger partial charge < -0.3 is 10.1 Å². The van der Waals surface area contributed by atoms with Crippen LogP contribution in [-0.2, 0) is 14.3 Å². The first-order valence-electron chi connectivity index (χ1n) is 8.94. The Labute approximate surface area is 141 Å². The molecule has 0 fully saturated rings. The van der Waals surface area contributed by atoms with Crippen LogP contribution in [-0.4, -0.2) is 25.0 Å². The first kappa shape index (κ1) is 21.4. The van der Waals surface area contributed by atoms with E-state index in [9.17, 15) is 9.59 Å². The lowest BCUT2D eigenvalue weighted by molar-refractivity contribution is -0.137. The van der Waals surface area contributed by atoms with Crippen LogP contribution in [0.25, 0.3) is 0 Å². The molecule has 0 spiro atoms. The Hall–Kier alpha value is -1.58. The highest BCUT2D eigenvalue weighted by atomic mass is 16.5. The maximum atomic E-state index is 11.6. The van der Waals surface area contributed by atoms with Gasteiger partial charge in [-0.2, -0.15) is 0 Å². The number of carbonyl (C=O) groups excluding carboxylic acids is 2. The van der Waals surface area contributed by atoms with Gasteiger partial charge in [0.05, 0.1) is 6.61 Å². The van der Waals surface area contributed by atoms with Crippen LogP contribution < -0.4 is 5.32 Å². The predicted octanol–water partition coefficient (Wildman–Crippen LogP) is 4.31. The standard InChI is InChI=1S/C19H33NO3/c1-4-7-9-10-11-17(12-14-18(21)20-6-3)13-15-19(22)23-16-8-5-2/h11,13,15H,4-10,12,14,16H2,1-3H3,(H,20,21)/b15-13+,17-11+. The molecule has 0 bridgehead atoms. The molecule has 0 saturated carbocycles. The zero-order valence-electron chi connectivity index (χ0n) is 15.0. The van der Waals surface area contributed by atoms with Crippen molar-refractivity contribution in [2.75, 3.05) is 13.2 Å². The topological polar surface area (TPSA) is 55.4 Å². The van der Waals surface area contributed by atoms with E-state index in [2.05, 4.69) is 25.2 Å². The summed E-state index contributed by atoms with van der Waals surface area (Å²) in [6, 6.07) is 0. The first-order valence-corrected chi connectivity index (χ1v) is 8.94. The molecule has 0 aliphatic carbocycles. The summed E-state index contributed by atoms with van der Waals surface area (Å²) < 4.78 is 5.11. The number of hydrogen-bond donors (Lipinski definition) is 1. The van der Waals surface area contributed by atoms with Crippen molar-refractivity contribution in [1.29, 1.82) is 0 Å². The molecule has 0 saturated heterocycles. The van der Waals surface area contributed by atoms with Gasteiger partial charge in [0.2, 0.25) is 5.91 Å². The van der Waals surface area contributed by atoms with Crippen LogP contribution in [0.4, 0.5) is 0 Å². The molecule has 4 heteroatoms. The molecule has 0 aromatic heterocycles. The summed E-state index contributed by atoms with van der Waals surface area (Å²) in [5.74, 6) is -0.262. The average molecular weight is 323 g/mol. The molecule has 1 N–H and O–H groups in total. The van der Waals surface area contributed by atoms with E-state index in [0.29, 0.717) is 26.0 Å². The summed E-state index contributed by atoms with van der Waals surface area (Å²) in [5, 5.41) is 2.79. The van der Waals surface area contributed by atoms with Crippen LogP contribution >= 0.6 is 0 Å². The van der Waals surface area contributed by atoms with Gasteiger partial charge in [0.1, 0.15) is 0 Å². The highest BCUT2D eigenvalue weighted by Crippen LogP contribution is 2.11. The zero-order chi connectivity index (χ0) is 17.3. The van der Waals surface area contributed by atoms with Crippen LogP contribution in [0.1, 0.15) is 72.1 Å². The summed E-state index contributed by atoms with van der Waals surface area (Å²) >= 11 is 0. The van der Waals surface area contributed by atoms with Crippen molar-refractivity contribution < 1.29 is 14.3 Å². The number of nitrogens with one attached hydrogen (secondary N) is 1. The highest BCUT2D eigenvalue weighted by Gasteiger charge is 2.03. The number of hydrogen-bond acceptors (Lipinski definition) is 3. The quantitative estimate of drug-likeness (QED) is 0.238. The maximum absolute atomic E-state index is 11.6. The van der Waals surface area contributed by atoms with Crippen molar-refractivity contribution >= 4 is 11.9 Å².